The zero-order chi connectivity index (χ0) is 19.4. The molecular formula is C20H29ClN4O3. The predicted octanol–water partition coefficient (Wildman–Crippen LogP) is 2.88. The summed E-state index contributed by atoms with van der Waals surface area (Å²) in [6, 6.07) is 7.93. The van der Waals surface area contributed by atoms with Crippen molar-refractivity contribution < 1.29 is 14.7 Å². The maximum atomic E-state index is 12.7. The summed E-state index contributed by atoms with van der Waals surface area (Å²) in [7, 11) is 0. The Bertz CT molecular complexity index is 694. The van der Waals surface area contributed by atoms with E-state index in [4.69, 9.17) is 16.2 Å². The van der Waals surface area contributed by atoms with Gasteiger partial charge in [-0.25, -0.2) is 4.79 Å². The first-order valence-corrected chi connectivity index (χ1v) is 9.64. The van der Waals surface area contributed by atoms with E-state index in [0.29, 0.717) is 19.0 Å². The Labute approximate surface area is 171 Å². The lowest BCUT2D eigenvalue weighted by atomic mass is 9.89. The maximum Gasteiger partial charge on any atom is 0.319 e. The number of carbonyl (C=O) groups is 2. The molecule has 28 heavy (non-hydrogen) atoms. The molecule has 8 heteroatoms. The van der Waals surface area contributed by atoms with Crippen molar-refractivity contribution in [1.82, 2.24) is 9.80 Å². The lowest BCUT2D eigenvalue weighted by Gasteiger charge is -2.38. The third-order valence-corrected chi connectivity index (χ3v) is 5.81. The van der Waals surface area contributed by atoms with Crippen LogP contribution in [0, 0.1) is 11.3 Å². The average molecular weight is 409 g/mol. The number of amidine groups is 1. The molecule has 2 amide bonds. The number of carbonyl (C=O) groups excluding carboxylic acids is 1. The summed E-state index contributed by atoms with van der Waals surface area (Å²) in [5, 5.41) is 16.4. The molecule has 0 radical (unpaired) electrons. The number of nitrogen functional groups attached to an aromatic ring is 1. The number of carboxylic acid groups (broad SMARTS) is 1. The van der Waals surface area contributed by atoms with E-state index in [0.717, 1.165) is 44.3 Å². The second-order valence-corrected chi connectivity index (χ2v) is 7.61. The summed E-state index contributed by atoms with van der Waals surface area (Å²) >= 11 is 0. The minimum atomic E-state index is -0.752. The van der Waals surface area contributed by atoms with Gasteiger partial charge in [0.05, 0.1) is 0 Å². The standard InChI is InChI=1S/C20H28N4O3.ClH/c21-19(22)17-3-1-15(2-4-17)16-7-11-24(12-8-16)20(27)23-9-5-14(6-10-23)13-18(25)26;/h1-4,14,16H,5-13H2,(H3,21,22)(H,25,26);1H. The summed E-state index contributed by atoms with van der Waals surface area (Å²) in [4.78, 5) is 27.4. The number of rotatable bonds is 4. The second-order valence-electron chi connectivity index (χ2n) is 7.61. The van der Waals surface area contributed by atoms with Gasteiger partial charge in [0.1, 0.15) is 5.84 Å². The molecule has 2 fully saturated rings. The number of urea groups is 1. The molecule has 0 unspecified atom stereocenters. The Morgan fingerprint density at radius 3 is 1.96 bits per heavy atom. The van der Waals surface area contributed by atoms with Gasteiger partial charge in [-0.1, -0.05) is 24.3 Å². The molecule has 0 bridgehead atoms. The van der Waals surface area contributed by atoms with E-state index < -0.39 is 5.97 Å². The van der Waals surface area contributed by atoms with Gasteiger partial charge in [-0.15, -0.1) is 12.4 Å². The van der Waals surface area contributed by atoms with Gasteiger partial charge in [-0.2, -0.15) is 0 Å². The Balaban J connectivity index is 0.00000280. The molecule has 4 N–H and O–H groups in total. The van der Waals surface area contributed by atoms with Crippen LogP contribution in [0.5, 0.6) is 0 Å². The van der Waals surface area contributed by atoms with Gasteiger partial charge in [0.25, 0.3) is 0 Å². The summed E-state index contributed by atoms with van der Waals surface area (Å²) in [5.41, 5.74) is 7.47. The van der Waals surface area contributed by atoms with Crippen LogP contribution in [-0.4, -0.2) is 58.9 Å². The monoisotopic (exact) mass is 408 g/mol. The van der Waals surface area contributed by atoms with Crippen LogP contribution in [0.25, 0.3) is 0 Å². The van der Waals surface area contributed by atoms with E-state index >= 15 is 0 Å². The van der Waals surface area contributed by atoms with Crippen LogP contribution in [0.3, 0.4) is 0 Å². The third kappa shape index (κ3) is 5.38. The van der Waals surface area contributed by atoms with E-state index in [1.54, 1.807) is 0 Å². The van der Waals surface area contributed by atoms with Crippen molar-refractivity contribution in [2.45, 2.75) is 38.0 Å². The van der Waals surface area contributed by atoms with Gasteiger partial charge in [0, 0.05) is 38.2 Å². The number of amides is 2. The van der Waals surface area contributed by atoms with Crippen molar-refractivity contribution >= 4 is 30.2 Å². The Morgan fingerprint density at radius 2 is 1.50 bits per heavy atom. The first-order valence-electron chi connectivity index (χ1n) is 9.64. The maximum absolute atomic E-state index is 12.7. The van der Waals surface area contributed by atoms with Gasteiger partial charge in [-0.3, -0.25) is 10.2 Å². The number of carboxylic acids is 1. The smallest absolute Gasteiger partial charge is 0.319 e. The normalized spacial score (nSPS) is 18.4. The molecule has 2 saturated heterocycles. The molecule has 0 spiro atoms. The van der Waals surface area contributed by atoms with Crippen LogP contribution in [0.1, 0.15) is 49.1 Å². The van der Waals surface area contributed by atoms with E-state index in [9.17, 15) is 9.59 Å². The highest BCUT2D eigenvalue weighted by molar-refractivity contribution is 5.94. The minimum absolute atomic E-state index is 0. The van der Waals surface area contributed by atoms with Gasteiger partial charge in [0.15, 0.2) is 0 Å². The van der Waals surface area contributed by atoms with Gasteiger partial charge in [-0.05, 0) is 43.1 Å². The molecule has 0 atom stereocenters. The van der Waals surface area contributed by atoms with Crippen LogP contribution < -0.4 is 5.73 Å². The topological polar surface area (TPSA) is 111 Å². The third-order valence-electron chi connectivity index (χ3n) is 5.81. The SMILES string of the molecule is Cl.N=C(N)c1ccc(C2CCN(C(=O)N3CCC(CC(=O)O)CC3)CC2)cc1. The number of halogens is 1. The highest BCUT2D eigenvalue weighted by atomic mass is 35.5. The van der Waals surface area contributed by atoms with Crippen molar-refractivity contribution in [3.8, 4) is 0 Å². The minimum Gasteiger partial charge on any atom is -0.481 e. The zero-order valence-electron chi connectivity index (χ0n) is 16.0. The van der Waals surface area contributed by atoms with E-state index in [1.165, 1.54) is 5.56 Å². The molecule has 1 aromatic carbocycles. The average Bonchev–Trinajstić information content (AvgIpc) is 2.68. The van der Waals surface area contributed by atoms with Crippen LogP contribution in [0.4, 0.5) is 4.79 Å². The molecule has 1 aromatic rings. The Kier molecular flexibility index (Phi) is 7.69. The number of hydrogen-bond donors (Lipinski definition) is 3. The fourth-order valence-corrected chi connectivity index (χ4v) is 4.11. The Hall–Kier alpha value is -2.28. The summed E-state index contributed by atoms with van der Waals surface area (Å²) in [6.45, 7) is 2.80. The van der Waals surface area contributed by atoms with Crippen molar-refractivity contribution in [1.29, 1.82) is 5.41 Å². The van der Waals surface area contributed by atoms with Crippen LogP contribution in [0.2, 0.25) is 0 Å². The summed E-state index contributed by atoms with van der Waals surface area (Å²) < 4.78 is 0. The number of piperidine rings is 2. The number of nitrogens with zero attached hydrogens (tertiary/aromatic N) is 2. The molecule has 0 aliphatic carbocycles. The molecule has 0 aromatic heterocycles. The molecule has 7 nitrogen and oxygen atoms in total. The second kappa shape index (κ2) is 9.78. The number of aliphatic carboxylic acids is 1. The van der Waals surface area contributed by atoms with Gasteiger partial charge < -0.3 is 20.6 Å². The fourth-order valence-electron chi connectivity index (χ4n) is 4.11. The molecule has 2 aliphatic heterocycles. The molecule has 2 aliphatic rings. The lowest BCUT2D eigenvalue weighted by molar-refractivity contribution is -0.138. The number of likely N-dealkylation sites (tertiary alicyclic amines) is 2. The van der Waals surface area contributed by atoms with Gasteiger partial charge >= 0.3 is 12.0 Å². The largest absolute Gasteiger partial charge is 0.481 e. The lowest BCUT2D eigenvalue weighted by Crippen LogP contribution is -2.49. The molecule has 154 valence electrons. The van der Waals surface area contributed by atoms with Crippen LogP contribution in [0.15, 0.2) is 24.3 Å². The van der Waals surface area contributed by atoms with Crippen molar-refractivity contribution in [2.24, 2.45) is 11.7 Å². The summed E-state index contributed by atoms with van der Waals surface area (Å²) in [5.74, 6) is -0.0566. The van der Waals surface area contributed by atoms with Crippen LogP contribution in [-0.2, 0) is 4.79 Å². The zero-order valence-corrected chi connectivity index (χ0v) is 16.8. The number of nitrogens with one attached hydrogen (secondary N) is 1. The van der Waals surface area contributed by atoms with Crippen molar-refractivity contribution in [2.75, 3.05) is 26.2 Å². The molecule has 3 rings (SSSR count). The fraction of sp³-hybridized carbons (Fsp3) is 0.550. The molecular weight excluding hydrogens is 380 g/mol. The quantitative estimate of drug-likeness (QED) is 0.525. The first-order chi connectivity index (χ1) is 12.9. The highest BCUT2D eigenvalue weighted by Gasteiger charge is 2.30. The Morgan fingerprint density at radius 1 is 1.00 bits per heavy atom. The molecule has 0 saturated carbocycles. The number of nitrogens with two attached hydrogens (primary N) is 1. The predicted molar refractivity (Wildman–Crippen MR) is 110 cm³/mol. The van der Waals surface area contributed by atoms with E-state index in [1.807, 2.05) is 34.1 Å². The number of benzene rings is 1. The summed E-state index contributed by atoms with van der Waals surface area (Å²) in [6.07, 6.45) is 3.62. The van der Waals surface area contributed by atoms with Crippen molar-refractivity contribution in [3.05, 3.63) is 35.4 Å². The van der Waals surface area contributed by atoms with E-state index in [2.05, 4.69) is 0 Å². The number of hydrogen-bond acceptors (Lipinski definition) is 3. The van der Waals surface area contributed by atoms with Crippen LogP contribution >= 0.6 is 12.4 Å². The van der Waals surface area contributed by atoms with Gasteiger partial charge in [0.2, 0.25) is 0 Å². The van der Waals surface area contributed by atoms with Crippen molar-refractivity contribution in [3.63, 3.8) is 0 Å². The molecule has 2 heterocycles. The highest BCUT2D eigenvalue weighted by Crippen LogP contribution is 2.29. The van der Waals surface area contributed by atoms with E-state index in [-0.39, 0.29) is 36.6 Å². The first kappa shape index (κ1) is 22.0.